The van der Waals surface area contributed by atoms with E-state index < -0.39 is 17.8 Å². The second-order valence-corrected chi connectivity index (χ2v) is 3.87. The standard InChI is InChI=1S/C11H10F2O3/c12-11(13,10(15)16)7-5-4-6-2-1-3-8(14)9(6)7/h1-3,7,14H,4-5H2,(H,15,16). The maximum atomic E-state index is 13.4. The molecular formula is C11H10F2O3. The van der Waals surface area contributed by atoms with Crippen molar-refractivity contribution in [3.63, 3.8) is 0 Å². The van der Waals surface area contributed by atoms with E-state index in [0.29, 0.717) is 12.0 Å². The predicted octanol–water partition coefficient (Wildman–Crippen LogP) is 2.14. The number of fused-ring (bicyclic) bond motifs is 1. The Morgan fingerprint density at radius 1 is 1.44 bits per heavy atom. The molecule has 0 heterocycles. The van der Waals surface area contributed by atoms with Crippen LogP contribution in [0.1, 0.15) is 23.5 Å². The van der Waals surface area contributed by atoms with Crippen molar-refractivity contribution in [1.82, 2.24) is 0 Å². The molecule has 0 aliphatic heterocycles. The lowest BCUT2D eigenvalue weighted by atomic mass is 9.93. The highest BCUT2D eigenvalue weighted by Gasteiger charge is 2.51. The Kier molecular flexibility index (Phi) is 2.33. The number of halogens is 2. The number of carboxylic acids is 1. The number of carboxylic acid groups (broad SMARTS) is 1. The lowest BCUT2D eigenvalue weighted by Crippen LogP contribution is -2.34. The third-order valence-electron chi connectivity index (χ3n) is 2.95. The Hall–Kier alpha value is -1.65. The van der Waals surface area contributed by atoms with E-state index in [2.05, 4.69) is 0 Å². The summed E-state index contributed by atoms with van der Waals surface area (Å²) in [4.78, 5) is 10.5. The molecule has 1 unspecified atom stereocenters. The number of rotatable bonds is 2. The summed E-state index contributed by atoms with van der Waals surface area (Å²) in [5.41, 5.74) is 0.681. The van der Waals surface area contributed by atoms with Crippen LogP contribution in [0.25, 0.3) is 0 Å². The van der Waals surface area contributed by atoms with Crippen molar-refractivity contribution in [3.8, 4) is 5.75 Å². The van der Waals surface area contributed by atoms with Crippen LogP contribution in [0.3, 0.4) is 0 Å². The summed E-state index contributed by atoms with van der Waals surface area (Å²) in [5, 5.41) is 18.0. The fourth-order valence-electron chi connectivity index (χ4n) is 2.18. The quantitative estimate of drug-likeness (QED) is 0.815. The molecule has 0 saturated heterocycles. The fourth-order valence-corrected chi connectivity index (χ4v) is 2.18. The molecule has 0 radical (unpaired) electrons. The first-order valence-electron chi connectivity index (χ1n) is 4.86. The van der Waals surface area contributed by atoms with Gasteiger partial charge in [0.2, 0.25) is 0 Å². The first-order valence-corrected chi connectivity index (χ1v) is 4.86. The van der Waals surface area contributed by atoms with Crippen LogP contribution in [0.4, 0.5) is 8.78 Å². The normalized spacial score (nSPS) is 19.5. The van der Waals surface area contributed by atoms with Crippen molar-refractivity contribution in [1.29, 1.82) is 0 Å². The van der Waals surface area contributed by atoms with E-state index >= 15 is 0 Å². The first kappa shape index (κ1) is 10.9. The average molecular weight is 228 g/mol. The molecule has 3 nitrogen and oxygen atoms in total. The van der Waals surface area contributed by atoms with Gasteiger partial charge in [0.05, 0.1) is 5.92 Å². The molecule has 1 atom stereocenters. The van der Waals surface area contributed by atoms with E-state index in [9.17, 15) is 18.7 Å². The van der Waals surface area contributed by atoms with Crippen molar-refractivity contribution < 1.29 is 23.8 Å². The molecule has 0 bridgehead atoms. The fraction of sp³-hybridized carbons (Fsp3) is 0.364. The minimum Gasteiger partial charge on any atom is -0.508 e. The van der Waals surface area contributed by atoms with E-state index in [-0.39, 0.29) is 17.7 Å². The summed E-state index contributed by atoms with van der Waals surface area (Å²) in [6.07, 6.45) is 0.420. The van der Waals surface area contributed by atoms with Crippen LogP contribution >= 0.6 is 0 Å². The highest BCUT2D eigenvalue weighted by atomic mass is 19.3. The predicted molar refractivity (Wildman–Crippen MR) is 51.8 cm³/mol. The van der Waals surface area contributed by atoms with E-state index in [1.165, 1.54) is 6.07 Å². The summed E-state index contributed by atoms with van der Waals surface area (Å²) in [6.45, 7) is 0. The Morgan fingerprint density at radius 2 is 2.12 bits per heavy atom. The van der Waals surface area contributed by atoms with Crippen LogP contribution in [0.5, 0.6) is 5.75 Å². The van der Waals surface area contributed by atoms with Crippen LogP contribution in [0.15, 0.2) is 18.2 Å². The number of phenolic OH excluding ortho intramolecular Hbond substituents is 1. The Morgan fingerprint density at radius 3 is 2.75 bits per heavy atom. The first-order chi connectivity index (χ1) is 7.44. The Bertz CT molecular complexity index is 443. The van der Waals surface area contributed by atoms with Gasteiger partial charge in [-0.1, -0.05) is 12.1 Å². The van der Waals surface area contributed by atoms with Crippen LogP contribution in [-0.2, 0) is 11.2 Å². The number of aromatic hydroxyl groups is 1. The topological polar surface area (TPSA) is 57.5 Å². The lowest BCUT2D eigenvalue weighted by Gasteiger charge is -2.20. The maximum Gasteiger partial charge on any atom is 0.375 e. The van der Waals surface area contributed by atoms with Gasteiger partial charge in [0.25, 0.3) is 0 Å². The third kappa shape index (κ3) is 1.43. The number of phenols is 1. The van der Waals surface area contributed by atoms with E-state index in [1.54, 1.807) is 12.1 Å². The minimum atomic E-state index is -3.83. The SMILES string of the molecule is O=C(O)C(F)(F)C1CCc2cccc(O)c21. The molecule has 0 fully saturated rings. The molecular weight excluding hydrogens is 218 g/mol. The number of alkyl halides is 2. The van der Waals surface area contributed by atoms with Crippen LogP contribution in [0, 0.1) is 0 Å². The van der Waals surface area contributed by atoms with Crippen LogP contribution < -0.4 is 0 Å². The minimum absolute atomic E-state index is 0.0478. The van der Waals surface area contributed by atoms with Gasteiger partial charge in [-0.2, -0.15) is 8.78 Å². The monoisotopic (exact) mass is 228 g/mol. The van der Waals surface area contributed by atoms with Crippen molar-refractivity contribution in [2.45, 2.75) is 24.7 Å². The third-order valence-corrected chi connectivity index (χ3v) is 2.95. The zero-order valence-electron chi connectivity index (χ0n) is 8.28. The van der Waals surface area contributed by atoms with Crippen molar-refractivity contribution in [3.05, 3.63) is 29.3 Å². The van der Waals surface area contributed by atoms with Gasteiger partial charge in [0.1, 0.15) is 5.75 Å². The van der Waals surface area contributed by atoms with E-state index in [4.69, 9.17) is 5.11 Å². The van der Waals surface area contributed by atoms with Crippen molar-refractivity contribution in [2.75, 3.05) is 0 Å². The molecule has 0 aromatic heterocycles. The van der Waals surface area contributed by atoms with Crippen LogP contribution in [0.2, 0.25) is 0 Å². The molecule has 16 heavy (non-hydrogen) atoms. The Labute approximate surface area is 90.3 Å². The lowest BCUT2D eigenvalue weighted by molar-refractivity contribution is -0.168. The number of aryl methyl sites for hydroxylation is 1. The number of hydrogen-bond donors (Lipinski definition) is 2. The Balaban J connectivity index is 2.48. The van der Waals surface area contributed by atoms with Gasteiger partial charge in [-0.3, -0.25) is 0 Å². The molecule has 0 amide bonds. The largest absolute Gasteiger partial charge is 0.508 e. The molecule has 86 valence electrons. The molecule has 0 spiro atoms. The number of aliphatic carboxylic acids is 1. The highest BCUT2D eigenvalue weighted by molar-refractivity contribution is 5.77. The molecule has 0 saturated carbocycles. The molecule has 2 N–H and O–H groups in total. The van der Waals surface area contributed by atoms with Gasteiger partial charge < -0.3 is 10.2 Å². The summed E-state index contributed by atoms with van der Waals surface area (Å²) >= 11 is 0. The van der Waals surface area contributed by atoms with Crippen molar-refractivity contribution in [2.24, 2.45) is 0 Å². The second-order valence-electron chi connectivity index (χ2n) is 3.87. The molecule has 5 heteroatoms. The zero-order valence-corrected chi connectivity index (χ0v) is 8.28. The van der Waals surface area contributed by atoms with Gasteiger partial charge in [-0.15, -0.1) is 0 Å². The molecule has 1 aromatic carbocycles. The van der Waals surface area contributed by atoms with Gasteiger partial charge >= 0.3 is 11.9 Å². The molecule has 1 aliphatic carbocycles. The van der Waals surface area contributed by atoms with Gasteiger partial charge in [0, 0.05) is 5.56 Å². The summed E-state index contributed by atoms with van der Waals surface area (Å²) in [7, 11) is 0. The number of carbonyl (C=O) groups is 1. The van der Waals surface area contributed by atoms with Gasteiger partial charge in [-0.25, -0.2) is 4.79 Å². The molecule has 2 rings (SSSR count). The van der Waals surface area contributed by atoms with E-state index in [1.807, 2.05) is 0 Å². The van der Waals surface area contributed by atoms with Crippen molar-refractivity contribution >= 4 is 5.97 Å². The molecule has 1 aliphatic rings. The maximum absolute atomic E-state index is 13.4. The smallest absolute Gasteiger partial charge is 0.375 e. The van der Waals surface area contributed by atoms with Gasteiger partial charge in [0.15, 0.2) is 0 Å². The second kappa shape index (κ2) is 3.43. The summed E-state index contributed by atoms with van der Waals surface area (Å²) in [5.74, 6) is -7.65. The molecule has 1 aromatic rings. The average Bonchev–Trinajstić information content (AvgIpc) is 2.63. The summed E-state index contributed by atoms with van der Waals surface area (Å²) in [6, 6.07) is 4.50. The van der Waals surface area contributed by atoms with Gasteiger partial charge in [-0.05, 0) is 24.5 Å². The van der Waals surface area contributed by atoms with Crippen LogP contribution in [-0.4, -0.2) is 22.1 Å². The number of hydrogen-bond acceptors (Lipinski definition) is 2. The van der Waals surface area contributed by atoms with E-state index in [0.717, 1.165) is 0 Å². The summed E-state index contributed by atoms with van der Waals surface area (Å²) < 4.78 is 26.8. The zero-order chi connectivity index (χ0) is 11.9. The number of benzene rings is 1. The highest BCUT2D eigenvalue weighted by Crippen LogP contribution is 2.47.